The van der Waals surface area contributed by atoms with Crippen LogP contribution in [-0.2, 0) is 20.9 Å². The van der Waals surface area contributed by atoms with Crippen molar-refractivity contribution >= 4 is 56.6 Å². The van der Waals surface area contributed by atoms with Gasteiger partial charge in [-0.3, -0.25) is 9.59 Å². The van der Waals surface area contributed by atoms with E-state index in [4.69, 9.17) is 4.74 Å². The molecule has 8 heteroatoms. The van der Waals surface area contributed by atoms with E-state index in [-0.39, 0.29) is 18.3 Å². The molecular weight excluding hydrogens is 384 g/mol. The number of benzene rings is 1. The summed E-state index contributed by atoms with van der Waals surface area (Å²) >= 11 is 2.73. The number of ether oxygens (including phenoxy) is 1. The van der Waals surface area contributed by atoms with Crippen LogP contribution in [0.15, 0.2) is 42.5 Å². The Morgan fingerprint density at radius 2 is 1.96 bits per heavy atom. The molecule has 3 aromatic rings. The van der Waals surface area contributed by atoms with E-state index in [1.807, 2.05) is 24.3 Å². The average Bonchev–Trinajstić information content (AvgIpc) is 3.29. The molecule has 0 radical (unpaired) electrons. The Labute approximate surface area is 163 Å². The molecule has 0 aliphatic heterocycles. The summed E-state index contributed by atoms with van der Waals surface area (Å²) in [5.41, 5.74) is 0.874. The quantitative estimate of drug-likeness (QED) is 0.373. The van der Waals surface area contributed by atoms with Crippen LogP contribution in [0.25, 0.3) is 16.3 Å². The molecule has 0 atom stereocenters. The minimum absolute atomic E-state index is 0.134. The summed E-state index contributed by atoms with van der Waals surface area (Å²) in [6, 6.07) is 11.1. The zero-order chi connectivity index (χ0) is 19.2. The molecule has 2 heterocycles. The van der Waals surface area contributed by atoms with Gasteiger partial charge in [0.2, 0.25) is 11.7 Å². The molecule has 0 saturated carbocycles. The molecule has 1 N–H and O–H groups in total. The highest BCUT2D eigenvalue weighted by molar-refractivity contribution is 7.19. The van der Waals surface area contributed by atoms with Crippen LogP contribution in [0.1, 0.15) is 26.5 Å². The Kier molecular flexibility index (Phi) is 6.10. The minimum Gasteiger partial charge on any atom is -0.454 e. The summed E-state index contributed by atoms with van der Waals surface area (Å²) in [5, 5.41) is 3.36. The van der Waals surface area contributed by atoms with Crippen molar-refractivity contribution in [1.29, 1.82) is 0 Å². The fourth-order valence-electron chi connectivity index (χ4n) is 2.19. The van der Waals surface area contributed by atoms with Crippen LogP contribution < -0.4 is 5.32 Å². The SMILES string of the molecule is CC(=O)NCc1ccc(C(=O)COC(=O)/C=C/c2nc3ccccc3s2)s1. The topological polar surface area (TPSA) is 85.4 Å². The second-order valence-corrected chi connectivity index (χ2v) is 7.79. The van der Waals surface area contributed by atoms with Gasteiger partial charge in [0.05, 0.1) is 21.6 Å². The molecule has 1 aromatic carbocycles. The highest BCUT2D eigenvalue weighted by atomic mass is 32.1. The van der Waals surface area contributed by atoms with Gasteiger partial charge in [0.1, 0.15) is 5.01 Å². The minimum atomic E-state index is -0.599. The lowest BCUT2D eigenvalue weighted by Gasteiger charge is -2.00. The van der Waals surface area contributed by atoms with Crippen LogP contribution in [0.2, 0.25) is 0 Å². The third-order valence-electron chi connectivity index (χ3n) is 3.47. The van der Waals surface area contributed by atoms with Crippen molar-refractivity contribution in [3.8, 4) is 0 Å². The molecule has 27 heavy (non-hydrogen) atoms. The van der Waals surface area contributed by atoms with Crippen molar-refractivity contribution in [2.24, 2.45) is 0 Å². The highest BCUT2D eigenvalue weighted by Gasteiger charge is 2.12. The Balaban J connectivity index is 1.51. The zero-order valence-corrected chi connectivity index (χ0v) is 16.1. The molecule has 3 rings (SSSR count). The lowest BCUT2D eigenvalue weighted by Crippen LogP contribution is -2.18. The number of aromatic nitrogens is 1. The van der Waals surface area contributed by atoms with E-state index < -0.39 is 5.97 Å². The van der Waals surface area contributed by atoms with E-state index in [0.717, 1.165) is 15.1 Å². The second-order valence-electron chi connectivity index (χ2n) is 5.56. The molecule has 0 bridgehead atoms. The number of ketones is 1. The molecule has 138 valence electrons. The second kappa shape index (κ2) is 8.70. The number of Topliss-reactive ketones (excluding diaryl/α,β-unsaturated/α-hetero) is 1. The van der Waals surface area contributed by atoms with Crippen LogP contribution in [-0.4, -0.2) is 29.3 Å². The maximum absolute atomic E-state index is 12.1. The monoisotopic (exact) mass is 400 g/mol. The van der Waals surface area contributed by atoms with Crippen LogP contribution in [0.4, 0.5) is 0 Å². The fourth-order valence-corrected chi connectivity index (χ4v) is 3.93. The van der Waals surface area contributed by atoms with Gasteiger partial charge in [0.15, 0.2) is 6.61 Å². The number of hydrogen-bond donors (Lipinski definition) is 1. The van der Waals surface area contributed by atoms with Crippen molar-refractivity contribution in [2.45, 2.75) is 13.5 Å². The normalized spacial score (nSPS) is 11.0. The van der Waals surface area contributed by atoms with E-state index in [0.29, 0.717) is 16.4 Å². The Morgan fingerprint density at radius 3 is 2.74 bits per heavy atom. The maximum atomic E-state index is 12.1. The van der Waals surface area contributed by atoms with Crippen LogP contribution in [0, 0.1) is 0 Å². The van der Waals surface area contributed by atoms with Gasteiger partial charge in [-0.05, 0) is 30.3 Å². The summed E-state index contributed by atoms with van der Waals surface area (Å²) in [5.74, 6) is -1.02. The van der Waals surface area contributed by atoms with Crippen molar-refractivity contribution in [3.63, 3.8) is 0 Å². The largest absolute Gasteiger partial charge is 0.454 e. The van der Waals surface area contributed by atoms with Gasteiger partial charge in [0, 0.05) is 17.9 Å². The van der Waals surface area contributed by atoms with E-state index in [2.05, 4.69) is 10.3 Å². The third kappa shape index (κ3) is 5.32. The summed E-state index contributed by atoms with van der Waals surface area (Å²) in [4.78, 5) is 40.6. The van der Waals surface area contributed by atoms with E-state index in [1.54, 1.807) is 18.2 Å². The number of nitrogens with one attached hydrogen (secondary N) is 1. The van der Waals surface area contributed by atoms with Crippen molar-refractivity contribution < 1.29 is 19.1 Å². The molecule has 0 saturated heterocycles. The number of thiazole rings is 1. The lowest BCUT2D eigenvalue weighted by atomic mass is 10.3. The van der Waals surface area contributed by atoms with Gasteiger partial charge in [-0.2, -0.15) is 0 Å². The van der Waals surface area contributed by atoms with Crippen molar-refractivity contribution in [2.75, 3.05) is 6.61 Å². The number of carbonyl (C=O) groups is 3. The number of rotatable bonds is 7. The van der Waals surface area contributed by atoms with E-state index in [9.17, 15) is 14.4 Å². The van der Waals surface area contributed by atoms with E-state index in [1.165, 1.54) is 35.7 Å². The average molecular weight is 400 g/mol. The Hall–Kier alpha value is -2.84. The molecule has 0 aliphatic carbocycles. The van der Waals surface area contributed by atoms with Gasteiger partial charge < -0.3 is 10.1 Å². The summed E-state index contributed by atoms with van der Waals surface area (Å²) in [7, 11) is 0. The highest BCUT2D eigenvalue weighted by Crippen LogP contribution is 2.22. The summed E-state index contributed by atoms with van der Waals surface area (Å²) < 4.78 is 6.04. The van der Waals surface area contributed by atoms with Crippen molar-refractivity contribution in [1.82, 2.24) is 10.3 Å². The van der Waals surface area contributed by atoms with E-state index >= 15 is 0 Å². The number of carbonyl (C=O) groups excluding carboxylic acids is 3. The van der Waals surface area contributed by atoms with Crippen LogP contribution in [0.5, 0.6) is 0 Å². The first-order valence-electron chi connectivity index (χ1n) is 8.08. The number of thiophene rings is 1. The molecule has 0 aliphatic rings. The number of hydrogen-bond acceptors (Lipinski definition) is 7. The summed E-state index contributed by atoms with van der Waals surface area (Å²) in [6.07, 6.45) is 2.84. The standard InChI is InChI=1S/C19H16N2O4S2/c1-12(22)20-10-13-6-7-17(26-13)15(23)11-25-19(24)9-8-18-21-14-4-2-3-5-16(14)27-18/h2-9H,10-11H2,1H3,(H,20,22)/b9-8+. The molecule has 1 amide bonds. The first-order valence-corrected chi connectivity index (χ1v) is 9.71. The molecular formula is C19H16N2O4S2. The first kappa shape index (κ1) is 18.9. The molecule has 2 aromatic heterocycles. The van der Waals surface area contributed by atoms with Gasteiger partial charge in [-0.1, -0.05) is 12.1 Å². The maximum Gasteiger partial charge on any atom is 0.331 e. The number of esters is 1. The molecule has 0 spiro atoms. The van der Waals surface area contributed by atoms with Crippen LogP contribution in [0.3, 0.4) is 0 Å². The Bertz CT molecular complexity index is 987. The zero-order valence-electron chi connectivity index (χ0n) is 14.4. The van der Waals surface area contributed by atoms with Gasteiger partial charge in [0.25, 0.3) is 0 Å². The molecule has 0 unspecified atom stereocenters. The summed E-state index contributed by atoms with van der Waals surface area (Å²) in [6.45, 7) is 1.47. The molecule has 0 fully saturated rings. The predicted molar refractivity (Wildman–Crippen MR) is 106 cm³/mol. The fraction of sp³-hybridized carbons (Fsp3) is 0.158. The van der Waals surface area contributed by atoms with Crippen molar-refractivity contribution in [3.05, 3.63) is 57.2 Å². The number of para-hydroxylation sites is 1. The van der Waals surface area contributed by atoms with Gasteiger partial charge >= 0.3 is 5.97 Å². The number of nitrogens with zero attached hydrogens (tertiary/aromatic N) is 1. The van der Waals surface area contributed by atoms with Crippen LogP contribution >= 0.6 is 22.7 Å². The smallest absolute Gasteiger partial charge is 0.331 e. The number of amides is 1. The predicted octanol–water partition coefficient (Wildman–Crippen LogP) is 3.43. The lowest BCUT2D eigenvalue weighted by molar-refractivity contribution is -0.136. The molecule has 6 nitrogen and oxygen atoms in total. The first-order chi connectivity index (χ1) is 13.0. The number of fused-ring (bicyclic) bond motifs is 1. The third-order valence-corrected chi connectivity index (χ3v) is 5.59. The Morgan fingerprint density at radius 1 is 1.15 bits per heavy atom. The van der Waals surface area contributed by atoms with Gasteiger partial charge in [-0.15, -0.1) is 22.7 Å². The van der Waals surface area contributed by atoms with Gasteiger partial charge in [-0.25, -0.2) is 9.78 Å².